The van der Waals surface area contributed by atoms with E-state index >= 15 is 0 Å². The highest BCUT2D eigenvalue weighted by molar-refractivity contribution is 7.14. The maximum absolute atomic E-state index is 12.9. The van der Waals surface area contributed by atoms with Crippen LogP contribution in [0.15, 0.2) is 35.7 Å². The summed E-state index contributed by atoms with van der Waals surface area (Å²) in [5.74, 6) is 1.24. The molecule has 2 aliphatic rings. The van der Waals surface area contributed by atoms with Gasteiger partial charge in [0.1, 0.15) is 23.7 Å². The molecule has 0 unspecified atom stereocenters. The molecule has 2 aliphatic heterocycles. The summed E-state index contributed by atoms with van der Waals surface area (Å²) in [7, 11) is 1.73. The maximum Gasteiger partial charge on any atom is 0.312 e. The van der Waals surface area contributed by atoms with Gasteiger partial charge >= 0.3 is 5.97 Å². The van der Waals surface area contributed by atoms with Gasteiger partial charge in [-0.25, -0.2) is 4.98 Å². The third kappa shape index (κ3) is 7.07. The molecule has 0 radical (unpaired) electrons. The lowest BCUT2D eigenvalue weighted by Crippen LogP contribution is -2.49. The number of carbonyl (C=O) groups excluding carboxylic acids is 1. The minimum atomic E-state index is -0.522. The van der Waals surface area contributed by atoms with Crippen molar-refractivity contribution in [3.8, 4) is 22.8 Å². The molecule has 1 N–H and O–H groups in total. The number of thiazole rings is 1. The van der Waals surface area contributed by atoms with Crippen molar-refractivity contribution in [2.45, 2.75) is 72.3 Å². The van der Waals surface area contributed by atoms with Crippen LogP contribution < -0.4 is 19.7 Å². The molecule has 0 aliphatic carbocycles. The van der Waals surface area contributed by atoms with E-state index in [1.165, 1.54) is 11.1 Å². The van der Waals surface area contributed by atoms with Crippen molar-refractivity contribution in [2.24, 2.45) is 5.92 Å². The number of ether oxygens (including phenoxy) is 4. The van der Waals surface area contributed by atoms with Crippen LogP contribution in [0.25, 0.3) is 11.3 Å². The molecular formula is C33H43N3O5S. The van der Waals surface area contributed by atoms with Gasteiger partial charge in [0.15, 0.2) is 5.13 Å². The molecule has 1 fully saturated rings. The number of hydrogen-bond donors (Lipinski definition) is 1. The fourth-order valence-electron chi connectivity index (χ4n) is 5.68. The Bertz CT molecular complexity index is 1380. The van der Waals surface area contributed by atoms with Crippen LogP contribution in [0.1, 0.15) is 56.4 Å². The van der Waals surface area contributed by atoms with Gasteiger partial charge in [0.05, 0.1) is 24.8 Å². The van der Waals surface area contributed by atoms with Crippen molar-refractivity contribution in [1.29, 1.82) is 0 Å². The number of aryl methyl sites for hydroxylation is 1. The second-order valence-electron chi connectivity index (χ2n) is 12.0. The highest BCUT2D eigenvalue weighted by Gasteiger charge is 2.38. The average molecular weight is 594 g/mol. The van der Waals surface area contributed by atoms with Gasteiger partial charge in [-0.1, -0.05) is 17.7 Å². The number of esters is 1. The van der Waals surface area contributed by atoms with Gasteiger partial charge in [0.2, 0.25) is 0 Å². The average Bonchev–Trinajstić information content (AvgIpc) is 3.45. The second kappa shape index (κ2) is 13.0. The van der Waals surface area contributed by atoms with Gasteiger partial charge < -0.3 is 29.2 Å². The highest BCUT2D eigenvalue weighted by Crippen LogP contribution is 2.37. The second-order valence-corrected chi connectivity index (χ2v) is 12.9. The van der Waals surface area contributed by atoms with Crippen LogP contribution in [-0.2, 0) is 33.8 Å². The van der Waals surface area contributed by atoms with Gasteiger partial charge in [-0.2, -0.15) is 0 Å². The smallest absolute Gasteiger partial charge is 0.312 e. The van der Waals surface area contributed by atoms with Crippen LogP contribution in [0.3, 0.4) is 0 Å². The number of hydrogen-bond acceptors (Lipinski definition) is 9. The fourth-order valence-corrected chi connectivity index (χ4v) is 6.54. The first kappa shape index (κ1) is 30.3. The van der Waals surface area contributed by atoms with Crippen molar-refractivity contribution < 1.29 is 23.7 Å². The first-order valence-electron chi connectivity index (χ1n) is 14.8. The highest BCUT2D eigenvalue weighted by atomic mass is 32.1. The predicted octanol–water partition coefficient (Wildman–Crippen LogP) is 5.92. The summed E-state index contributed by atoms with van der Waals surface area (Å²) >= 11 is 1.61. The Balaban J connectivity index is 1.32. The fraction of sp³-hybridized carbons (Fsp3) is 0.515. The molecule has 2 aromatic carbocycles. The molecule has 3 aromatic rings. The summed E-state index contributed by atoms with van der Waals surface area (Å²) in [6.07, 6.45) is 1.40. The topological polar surface area (TPSA) is 82.2 Å². The number of aromatic nitrogens is 1. The zero-order valence-corrected chi connectivity index (χ0v) is 26.4. The van der Waals surface area contributed by atoms with Gasteiger partial charge in [-0.15, -0.1) is 11.3 Å². The van der Waals surface area contributed by atoms with E-state index in [2.05, 4.69) is 46.8 Å². The number of benzene rings is 2. The molecule has 8 nitrogen and oxygen atoms in total. The van der Waals surface area contributed by atoms with Gasteiger partial charge in [0.25, 0.3) is 0 Å². The monoisotopic (exact) mass is 593 g/mol. The molecule has 42 heavy (non-hydrogen) atoms. The summed E-state index contributed by atoms with van der Waals surface area (Å²) in [4.78, 5) is 20.2. The lowest BCUT2D eigenvalue weighted by atomic mass is 9.93. The molecule has 0 spiro atoms. The van der Waals surface area contributed by atoms with E-state index in [-0.39, 0.29) is 18.0 Å². The standard InChI is InChI=1S/C33H43N3O5S/c1-7-39-30-18-36(13-11-24(30)31(37)41-33(3,4)5)32-35-27(20-42-32)25-14-21(2)8-9-28(25)40-19-22-15-23-10-12-34-17-26(23)29(16-22)38-6/h8-9,14-16,20,24,30,34H,7,10-13,17-19H2,1-6H3/t24-,30+/m1/s1. The van der Waals surface area contributed by atoms with Gasteiger partial charge in [-0.05, 0) is 83.3 Å². The van der Waals surface area contributed by atoms with Crippen LogP contribution >= 0.6 is 11.3 Å². The molecule has 0 saturated carbocycles. The first-order valence-corrected chi connectivity index (χ1v) is 15.7. The van der Waals surface area contributed by atoms with Crippen LogP contribution in [0.5, 0.6) is 11.5 Å². The van der Waals surface area contributed by atoms with E-state index in [0.717, 1.165) is 58.5 Å². The molecule has 0 amide bonds. The van der Waals surface area contributed by atoms with Crippen molar-refractivity contribution in [3.63, 3.8) is 0 Å². The van der Waals surface area contributed by atoms with Crippen LogP contribution in [0.4, 0.5) is 5.13 Å². The van der Waals surface area contributed by atoms with Crippen molar-refractivity contribution in [1.82, 2.24) is 10.3 Å². The number of nitrogens with zero attached hydrogens (tertiary/aromatic N) is 2. The normalized spacial score (nSPS) is 18.9. The summed E-state index contributed by atoms with van der Waals surface area (Å²) in [5.41, 5.74) is 6.12. The number of anilines is 1. The van der Waals surface area contributed by atoms with Crippen LogP contribution in [0.2, 0.25) is 0 Å². The Kier molecular flexibility index (Phi) is 9.40. The number of nitrogens with one attached hydrogen (secondary N) is 1. The zero-order valence-electron chi connectivity index (χ0n) is 25.6. The molecule has 9 heteroatoms. The van der Waals surface area contributed by atoms with E-state index < -0.39 is 5.60 Å². The Morgan fingerprint density at radius 2 is 2.02 bits per heavy atom. The van der Waals surface area contributed by atoms with E-state index in [1.807, 2.05) is 33.8 Å². The lowest BCUT2D eigenvalue weighted by Gasteiger charge is -2.38. The molecule has 2 atom stereocenters. The van der Waals surface area contributed by atoms with Crippen molar-refractivity contribution in [2.75, 3.05) is 38.3 Å². The predicted molar refractivity (Wildman–Crippen MR) is 167 cm³/mol. The molecule has 3 heterocycles. The van der Waals surface area contributed by atoms with Crippen LogP contribution in [-0.4, -0.2) is 56.0 Å². The van der Waals surface area contributed by atoms with Gasteiger partial charge in [0, 0.05) is 42.7 Å². The van der Waals surface area contributed by atoms with Crippen LogP contribution in [0, 0.1) is 12.8 Å². The Labute approximate surface area is 253 Å². The summed E-state index contributed by atoms with van der Waals surface area (Å²) < 4.78 is 23.8. The minimum Gasteiger partial charge on any atom is -0.496 e. The number of piperidine rings is 1. The summed E-state index contributed by atoms with van der Waals surface area (Å²) in [5, 5.41) is 6.42. The number of carbonyl (C=O) groups is 1. The zero-order chi connectivity index (χ0) is 29.9. The third-order valence-corrected chi connectivity index (χ3v) is 8.57. The van der Waals surface area contributed by atoms with E-state index in [1.54, 1.807) is 18.4 Å². The largest absolute Gasteiger partial charge is 0.496 e. The maximum atomic E-state index is 12.9. The molecule has 1 aromatic heterocycles. The molecule has 0 bridgehead atoms. The van der Waals surface area contributed by atoms with Crippen molar-refractivity contribution >= 4 is 22.4 Å². The van der Waals surface area contributed by atoms with E-state index in [9.17, 15) is 4.79 Å². The van der Waals surface area contributed by atoms with Gasteiger partial charge in [-0.3, -0.25) is 4.79 Å². The Morgan fingerprint density at radius 1 is 1.19 bits per heavy atom. The SMILES string of the molecule is CCO[C@H]1CN(c2nc(-c3cc(C)ccc3OCc3cc4c(c(OC)c3)CNCC4)cs2)CC[C@H]1C(=O)OC(C)(C)C. The lowest BCUT2D eigenvalue weighted by molar-refractivity contribution is -0.166. The molecular weight excluding hydrogens is 550 g/mol. The molecule has 1 saturated heterocycles. The van der Waals surface area contributed by atoms with Crippen molar-refractivity contribution in [3.05, 3.63) is 58.0 Å². The molecule has 226 valence electrons. The summed E-state index contributed by atoms with van der Waals surface area (Å²) in [6, 6.07) is 10.5. The van der Waals surface area contributed by atoms with E-state index in [0.29, 0.717) is 32.7 Å². The molecule has 5 rings (SSSR count). The Morgan fingerprint density at radius 3 is 2.79 bits per heavy atom. The third-order valence-electron chi connectivity index (χ3n) is 7.67. The number of fused-ring (bicyclic) bond motifs is 1. The Hall–Kier alpha value is -3.14. The summed E-state index contributed by atoms with van der Waals surface area (Å²) in [6.45, 7) is 13.8. The minimum absolute atomic E-state index is 0.185. The first-order chi connectivity index (χ1) is 20.1. The number of rotatable bonds is 9. The quantitative estimate of drug-likeness (QED) is 0.306. The number of methoxy groups -OCH3 is 1. The van der Waals surface area contributed by atoms with E-state index in [4.69, 9.17) is 23.9 Å².